The lowest BCUT2D eigenvalue weighted by molar-refractivity contribution is -0.125. The predicted molar refractivity (Wildman–Crippen MR) is 105 cm³/mol. The van der Waals surface area contributed by atoms with E-state index < -0.39 is 0 Å². The van der Waals surface area contributed by atoms with Gasteiger partial charge in [-0.05, 0) is 37.0 Å². The topological polar surface area (TPSA) is 48.5 Å². The monoisotopic (exact) mass is 352 g/mol. The normalized spacial score (nSPS) is 18.2. The number of benzene rings is 1. The molecule has 1 atom stereocenters. The van der Waals surface area contributed by atoms with Crippen LogP contribution in [0.3, 0.4) is 0 Å². The van der Waals surface area contributed by atoms with Crippen molar-refractivity contribution in [3.05, 3.63) is 59.8 Å². The van der Waals surface area contributed by atoms with Gasteiger partial charge in [0.2, 0.25) is 5.91 Å². The number of aromatic nitrogens is 1. The lowest BCUT2D eigenvalue weighted by atomic mass is 10.0. The molecule has 0 radical (unpaired) electrons. The van der Waals surface area contributed by atoms with Crippen LogP contribution in [0.2, 0.25) is 0 Å². The first-order chi connectivity index (χ1) is 12.7. The van der Waals surface area contributed by atoms with E-state index in [2.05, 4.69) is 51.3 Å². The smallest absolute Gasteiger partial charge is 0.237 e. The molecule has 1 aliphatic heterocycles. The molecule has 0 saturated carbocycles. The van der Waals surface area contributed by atoms with Crippen LogP contribution in [-0.4, -0.2) is 48.5 Å². The van der Waals surface area contributed by atoms with Crippen LogP contribution in [0, 0.1) is 0 Å². The molecule has 5 heteroatoms. The maximum atomic E-state index is 12.6. The third-order valence-corrected chi connectivity index (χ3v) is 5.00. The van der Waals surface area contributed by atoms with Crippen molar-refractivity contribution >= 4 is 11.7 Å². The molecule has 0 aliphatic carbocycles. The molecule has 1 unspecified atom stereocenters. The van der Waals surface area contributed by atoms with Crippen molar-refractivity contribution in [2.24, 2.45) is 0 Å². The Balaban J connectivity index is 1.75. The van der Waals surface area contributed by atoms with Crippen molar-refractivity contribution in [1.82, 2.24) is 15.2 Å². The van der Waals surface area contributed by atoms with Crippen molar-refractivity contribution < 1.29 is 4.79 Å². The fraction of sp³-hybridized carbons (Fsp3) is 0.429. The number of hydrogen-bond donors (Lipinski definition) is 1. The standard InChI is InChI=1S/C21H28N4O/c1-3-24(2)20-11-10-18(15-23-20)16-25-13-7-12-22-21(26)19(25)14-17-8-5-4-6-9-17/h4-6,8-11,15,19H,3,7,12-14,16H2,1-2H3,(H,22,26). The van der Waals surface area contributed by atoms with Crippen molar-refractivity contribution in [3.63, 3.8) is 0 Å². The summed E-state index contributed by atoms with van der Waals surface area (Å²) in [5.74, 6) is 1.10. The van der Waals surface area contributed by atoms with Crippen molar-refractivity contribution in [1.29, 1.82) is 0 Å². The van der Waals surface area contributed by atoms with E-state index in [4.69, 9.17) is 0 Å². The van der Waals surface area contributed by atoms with Crippen molar-refractivity contribution in [2.75, 3.05) is 31.6 Å². The molecule has 0 bridgehead atoms. The Morgan fingerprint density at radius 1 is 1.19 bits per heavy atom. The Morgan fingerprint density at radius 3 is 2.69 bits per heavy atom. The first-order valence-corrected chi connectivity index (χ1v) is 9.39. The maximum Gasteiger partial charge on any atom is 0.237 e. The minimum absolute atomic E-state index is 0.127. The number of pyridine rings is 1. The largest absolute Gasteiger partial charge is 0.360 e. The van der Waals surface area contributed by atoms with E-state index in [1.165, 1.54) is 5.56 Å². The highest BCUT2D eigenvalue weighted by Gasteiger charge is 2.28. The Hall–Kier alpha value is -2.40. The SMILES string of the molecule is CCN(C)c1ccc(CN2CCCNC(=O)C2Cc2ccccc2)cn1. The number of hydrogen-bond acceptors (Lipinski definition) is 4. The van der Waals surface area contributed by atoms with Gasteiger partial charge in [0.05, 0.1) is 6.04 Å². The van der Waals surface area contributed by atoms with Crippen LogP contribution < -0.4 is 10.2 Å². The molecule has 1 amide bonds. The molecule has 1 aliphatic rings. The summed E-state index contributed by atoms with van der Waals surface area (Å²) in [5.41, 5.74) is 2.34. The number of carbonyl (C=O) groups excluding carboxylic acids is 1. The molecule has 2 heterocycles. The molecule has 0 spiro atoms. The predicted octanol–water partition coefficient (Wildman–Crippen LogP) is 2.47. The van der Waals surface area contributed by atoms with Gasteiger partial charge in [-0.1, -0.05) is 36.4 Å². The number of rotatable bonds is 6. The van der Waals surface area contributed by atoms with Gasteiger partial charge in [-0.3, -0.25) is 9.69 Å². The minimum Gasteiger partial charge on any atom is -0.360 e. The summed E-state index contributed by atoms with van der Waals surface area (Å²) < 4.78 is 0. The fourth-order valence-electron chi connectivity index (χ4n) is 3.31. The average Bonchev–Trinajstić information content (AvgIpc) is 2.85. The van der Waals surface area contributed by atoms with Crippen LogP contribution >= 0.6 is 0 Å². The van der Waals surface area contributed by atoms with Crippen LogP contribution in [-0.2, 0) is 17.8 Å². The van der Waals surface area contributed by atoms with Gasteiger partial charge in [-0.2, -0.15) is 0 Å². The Bertz CT molecular complexity index is 702. The summed E-state index contributed by atoms with van der Waals surface area (Å²) in [5, 5.41) is 3.06. The minimum atomic E-state index is -0.141. The number of nitrogens with zero attached hydrogens (tertiary/aromatic N) is 3. The fourth-order valence-corrected chi connectivity index (χ4v) is 3.31. The van der Waals surface area contributed by atoms with Gasteiger partial charge in [0, 0.05) is 39.4 Å². The highest BCUT2D eigenvalue weighted by atomic mass is 16.2. The van der Waals surface area contributed by atoms with Crippen molar-refractivity contribution in [2.45, 2.75) is 32.4 Å². The summed E-state index contributed by atoms with van der Waals surface area (Å²) in [6.45, 7) is 5.44. The summed E-state index contributed by atoms with van der Waals surface area (Å²) in [4.78, 5) is 21.6. The number of anilines is 1. The van der Waals surface area contributed by atoms with E-state index in [1.54, 1.807) is 0 Å². The van der Waals surface area contributed by atoms with E-state index in [0.717, 1.165) is 50.4 Å². The number of carbonyl (C=O) groups is 1. The molecule has 5 nitrogen and oxygen atoms in total. The lowest BCUT2D eigenvalue weighted by Crippen LogP contribution is -2.45. The van der Waals surface area contributed by atoms with Gasteiger partial charge in [-0.25, -0.2) is 4.98 Å². The van der Waals surface area contributed by atoms with E-state index in [-0.39, 0.29) is 11.9 Å². The molecule has 138 valence electrons. The second kappa shape index (κ2) is 8.81. The van der Waals surface area contributed by atoms with Gasteiger partial charge < -0.3 is 10.2 Å². The van der Waals surface area contributed by atoms with Gasteiger partial charge >= 0.3 is 0 Å². The Kier molecular flexibility index (Phi) is 6.23. The van der Waals surface area contributed by atoms with Crippen LogP contribution in [0.25, 0.3) is 0 Å². The van der Waals surface area contributed by atoms with E-state index >= 15 is 0 Å². The molecule has 1 fully saturated rings. The molecule has 1 saturated heterocycles. The molecule has 1 aromatic heterocycles. The second-order valence-electron chi connectivity index (χ2n) is 6.86. The number of amides is 1. The zero-order chi connectivity index (χ0) is 18.4. The Morgan fingerprint density at radius 2 is 2.00 bits per heavy atom. The third kappa shape index (κ3) is 4.61. The third-order valence-electron chi connectivity index (χ3n) is 5.00. The zero-order valence-corrected chi connectivity index (χ0v) is 15.7. The van der Waals surface area contributed by atoms with Crippen LogP contribution in [0.15, 0.2) is 48.7 Å². The first-order valence-electron chi connectivity index (χ1n) is 9.39. The summed E-state index contributed by atoms with van der Waals surface area (Å²) in [6, 6.07) is 14.3. The number of nitrogens with one attached hydrogen (secondary N) is 1. The van der Waals surface area contributed by atoms with Gasteiger partial charge in [0.15, 0.2) is 0 Å². The van der Waals surface area contributed by atoms with Gasteiger partial charge in [-0.15, -0.1) is 0 Å². The van der Waals surface area contributed by atoms with Crippen LogP contribution in [0.4, 0.5) is 5.82 Å². The quantitative estimate of drug-likeness (QED) is 0.868. The summed E-state index contributed by atoms with van der Waals surface area (Å²) >= 11 is 0. The molecule has 1 N–H and O–H groups in total. The second-order valence-corrected chi connectivity index (χ2v) is 6.86. The average molecular weight is 352 g/mol. The zero-order valence-electron chi connectivity index (χ0n) is 15.7. The van der Waals surface area contributed by atoms with E-state index in [0.29, 0.717) is 0 Å². The van der Waals surface area contributed by atoms with Gasteiger partial charge in [0.25, 0.3) is 0 Å². The highest BCUT2D eigenvalue weighted by molar-refractivity contribution is 5.82. The molecule has 1 aromatic carbocycles. The molecule has 2 aromatic rings. The summed E-state index contributed by atoms with van der Waals surface area (Å²) in [6.07, 6.45) is 3.64. The van der Waals surface area contributed by atoms with E-state index in [9.17, 15) is 4.79 Å². The van der Waals surface area contributed by atoms with E-state index in [1.807, 2.05) is 31.4 Å². The van der Waals surface area contributed by atoms with Gasteiger partial charge in [0.1, 0.15) is 5.82 Å². The van der Waals surface area contributed by atoms with Crippen molar-refractivity contribution in [3.8, 4) is 0 Å². The molecule has 26 heavy (non-hydrogen) atoms. The Labute approximate surface area is 156 Å². The first kappa shape index (κ1) is 18.4. The maximum absolute atomic E-state index is 12.6. The van der Waals surface area contributed by atoms with Crippen LogP contribution in [0.5, 0.6) is 0 Å². The molecule has 3 rings (SSSR count). The summed E-state index contributed by atoms with van der Waals surface area (Å²) in [7, 11) is 2.04. The highest BCUT2D eigenvalue weighted by Crippen LogP contribution is 2.17. The molecular formula is C21H28N4O. The molecular weight excluding hydrogens is 324 g/mol. The lowest BCUT2D eigenvalue weighted by Gasteiger charge is -2.28. The van der Waals surface area contributed by atoms with Crippen LogP contribution in [0.1, 0.15) is 24.5 Å².